The zero-order chi connectivity index (χ0) is 18.9. The molecule has 0 saturated carbocycles. The lowest BCUT2D eigenvalue weighted by Crippen LogP contribution is -2.47. The van der Waals surface area contributed by atoms with E-state index in [2.05, 4.69) is 67.4 Å². The molecule has 4 aromatic rings. The van der Waals surface area contributed by atoms with Gasteiger partial charge in [0.15, 0.2) is 0 Å². The molecule has 1 aromatic carbocycles. The van der Waals surface area contributed by atoms with Gasteiger partial charge in [-0.05, 0) is 18.6 Å². The molecular weight excluding hydrogens is 386 g/mol. The summed E-state index contributed by atoms with van der Waals surface area (Å²) >= 11 is 3.48. The van der Waals surface area contributed by atoms with Crippen molar-refractivity contribution in [3.8, 4) is 10.4 Å². The Bertz CT molecular complexity index is 1050. The number of thiazole rings is 1. The Morgan fingerprint density at radius 2 is 1.82 bits per heavy atom. The number of hydrogen-bond donors (Lipinski definition) is 0. The normalized spacial score (nSPS) is 16.5. The van der Waals surface area contributed by atoms with E-state index in [0.717, 1.165) is 42.2 Å². The van der Waals surface area contributed by atoms with Gasteiger partial charge in [0.1, 0.15) is 22.0 Å². The fraction of sp³-hybridized carbons (Fsp3) is 0.286. The van der Waals surface area contributed by atoms with Crippen LogP contribution in [-0.2, 0) is 0 Å². The number of anilines is 1. The van der Waals surface area contributed by atoms with Gasteiger partial charge in [-0.2, -0.15) is 0 Å². The molecule has 0 aliphatic carbocycles. The van der Waals surface area contributed by atoms with Crippen LogP contribution < -0.4 is 4.90 Å². The van der Waals surface area contributed by atoms with E-state index in [1.807, 2.05) is 12.3 Å². The summed E-state index contributed by atoms with van der Waals surface area (Å²) in [6, 6.07) is 13.1. The van der Waals surface area contributed by atoms with Gasteiger partial charge in [-0.15, -0.1) is 22.7 Å². The van der Waals surface area contributed by atoms with Gasteiger partial charge >= 0.3 is 0 Å². The number of rotatable bonds is 4. The molecule has 7 heteroatoms. The fourth-order valence-electron chi connectivity index (χ4n) is 3.76. The zero-order valence-corrected chi connectivity index (χ0v) is 17.3. The first kappa shape index (κ1) is 17.7. The van der Waals surface area contributed by atoms with Gasteiger partial charge in [0, 0.05) is 42.6 Å². The summed E-state index contributed by atoms with van der Waals surface area (Å²) in [6.07, 6.45) is 3.60. The highest BCUT2D eigenvalue weighted by atomic mass is 32.1. The predicted molar refractivity (Wildman–Crippen MR) is 117 cm³/mol. The molecule has 0 spiro atoms. The Hall–Kier alpha value is -2.35. The second kappa shape index (κ2) is 7.58. The third-order valence-corrected chi connectivity index (χ3v) is 7.37. The molecule has 142 valence electrons. The van der Waals surface area contributed by atoms with Crippen LogP contribution in [0.15, 0.2) is 54.3 Å². The number of benzene rings is 1. The average molecular weight is 408 g/mol. The van der Waals surface area contributed by atoms with Crippen molar-refractivity contribution in [2.45, 2.75) is 13.0 Å². The van der Waals surface area contributed by atoms with Gasteiger partial charge in [0.2, 0.25) is 0 Å². The second-order valence-electron chi connectivity index (χ2n) is 6.96. The van der Waals surface area contributed by atoms with Gasteiger partial charge in [-0.1, -0.05) is 30.3 Å². The molecule has 3 aromatic heterocycles. The Labute approximate surface area is 172 Å². The second-order valence-corrected chi connectivity index (χ2v) is 8.92. The SMILES string of the molecule is CC(c1nccs1)N1CCN(c2ncnc3sc(-c4ccccc4)cc23)CC1. The maximum absolute atomic E-state index is 4.65. The summed E-state index contributed by atoms with van der Waals surface area (Å²) in [5.41, 5.74) is 1.23. The molecule has 0 radical (unpaired) electrons. The number of hydrogen-bond acceptors (Lipinski definition) is 7. The van der Waals surface area contributed by atoms with E-state index in [9.17, 15) is 0 Å². The minimum Gasteiger partial charge on any atom is -0.353 e. The van der Waals surface area contributed by atoms with Gasteiger partial charge in [-0.25, -0.2) is 15.0 Å². The molecule has 1 unspecified atom stereocenters. The van der Waals surface area contributed by atoms with E-state index in [-0.39, 0.29) is 0 Å². The van der Waals surface area contributed by atoms with Crippen molar-refractivity contribution in [3.63, 3.8) is 0 Å². The van der Waals surface area contributed by atoms with E-state index >= 15 is 0 Å². The monoisotopic (exact) mass is 407 g/mol. The van der Waals surface area contributed by atoms with Crippen LogP contribution in [0, 0.1) is 0 Å². The van der Waals surface area contributed by atoms with Gasteiger partial charge < -0.3 is 4.90 Å². The van der Waals surface area contributed by atoms with Crippen LogP contribution in [0.25, 0.3) is 20.7 Å². The topological polar surface area (TPSA) is 45.2 Å². The van der Waals surface area contributed by atoms with Gasteiger partial charge in [-0.3, -0.25) is 4.90 Å². The number of nitrogens with zero attached hydrogens (tertiary/aromatic N) is 5. The number of thiophene rings is 1. The Morgan fingerprint density at radius 3 is 2.57 bits per heavy atom. The van der Waals surface area contributed by atoms with Crippen LogP contribution in [0.1, 0.15) is 18.0 Å². The van der Waals surface area contributed by atoms with Crippen molar-refractivity contribution < 1.29 is 0 Å². The van der Waals surface area contributed by atoms with E-state index in [1.54, 1.807) is 29.0 Å². The lowest BCUT2D eigenvalue weighted by Gasteiger charge is -2.38. The quantitative estimate of drug-likeness (QED) is 0.491. The summed E-state index contributed by atoms with van der Waals surface area (Å²) < 4.78 is 0. The third kappa shape index (κ3) is 3.30. The van der Waals surface area contributed by atoms with Gasteiger partial charge in [0.05, 0.1) is 11.4 Å². The third-order valence-electron chi connectivity index (χ3n) is 5.34. The first-order chi connectivity index (χ1) is 13.8. The van der Waals surface area contributed by atoms with Crippen molar-refractivity contribution in [2.75, 3.05) is 31.1 Å². The highest BCUT2D eigenvalue weighted by molar-refractivity contribution is 7.21. The first-order valence-corrected chi connectivity index (χ1v) is 11.2. The lowest BCUT2D eigenvalue weighted by atomic mass is 10.1. The predicted octanol–water partition coefficient (Wildman–Crippen LogP) is 4.70. The van der Waals surface area contributed by atoms with Crippen LogP contribution in [0.5, 0.6) is 0 Å². The maximum Gasteiger partial charge on any atom is 0.140 e. The molecule has 0 N–H and O–H groups in total. The zero-order valence-electron chi connectivity index (χ0n) is 15.7. The van der Waals surface area contributed by atoms with Crippen LogP contribution in [0.2, 0.25) is 0 Å². The smallest absolute Gasteiger partial charge is 0.140 e. The fourth-order valence-corrected chi connectivity index (χ4v) is 5.49. The van der Waals surface area contributed by atoms with E-state index in [4.69, 9.17) is 0 Å². The van der Waals surface area contributed by atoms with E-state index in [0.29, 0.717) is 6.04 Å². The van der Waals surface area contributed by atoms with Gasteiger partial charge in [0.25, 0.3) is 0 Å². The minimum absolute atomic E-state index is 0.374. The van der Waals surface area contributed by atoms with Crippen LogP contribution in [0.4, 0.5) is 5.82 Å². The molecule has 0 bridgehead atoms. The average Bonchev–Trinajstić information content (AvgIpc) is 3.44. The Kier molecular flexibility index (Phi) is 4.80. The Balaban J connectivity index is 1.38. The molecule has 5 nitrogen and oxygen atoms in total. The molecule has 1 fully saturated rings. The summed E-state index contributed by atoms with van der Waals surface area (Å²) in [5, 5.41) is 4.41. The van der Waals surface area contributed by atoms with E-state index < -0.39 is 0 Å². The van der Waals surface area contributed by atoms with Crippen molar-refractivity contribution in [1.29, 1.82) is 0 Å². The summed E-state index contributed by atoms with van der Waals surface area (Å²) in [5.74, 6) is 1.06. The molecule has 4 heterocycles. The molecule has 28 heavy (non-hydrogen) atoms. The van der Waals surface area contributed by atoms with Crippen LogP contribution >= 0.6 is 22.7 Å². The van der Waals surface area contributed by atoms with Crippen LogP contribution in [-0.4, -0.2) is 46.0 Å². The number of fused-ring (bicyclic) bond motifs is 1. The molecule has 0 amide bonds. The summed E-state index contributed by atoms with van der Waals surface area (Å²) in [6.45, 7) is 6.23. The molecule has 5 rings (SSSR count). The first-order valence-electron chi connectivity index (χ1n) is 9.48. The lowest BCUT2D eigenvalue weighted by molar-refractivity contribution is 0.198. The van der Waals surface area contributed by atoms with E-state index in [1.165, 1.54) is 15.4 Å². The number of piperazine rings is 1. The Morgan fingerprint density at radius 1 is 1.00 bits per heavy atom. The largest absolute Gasteiger partial charge is 0.353 e. The highest BCUT2D eigenvalue weighted by Crippen LogP contribution is 2.36. The summed E-state index contributed by atoms with van der Waals surface area (Å²) in [7, 11) is 0. The molecular formula is C21H21N5S2. The molecule has 1 atom stereocenters. The van der Waals surface area contributed by atoms with Crippen molar-refractivity contribution in [2.24, 2.45) is 0 Å². The minimum atomic E-state index is 0.374. The van der Waals surface area contributed by atoms with Crippen molar-refractivity contribution >= 4 is 38.7 Å². The standard InChI is InChI=1S/C21H21N5S2/c1-15(20-22-7-12-27-20)25-8-10-26(11-9-25)19-17-13-18(16-5-3-2-4-6-16)28-21(17)24-14-23-19/h2-7,12-15H,8-11H2,1H3. The van der Waals surface area contributed by atoms with Crippen LogP contribution in [0.3, 0.4) is 0 Å². The van der Waals surface area contributed by atoms with Crippen molar-refractivity contribution in [1.82, 2.24) is 19.9 Å². The molecule has 1 aliphatic heterocycles. The maximum atomic E-state index is 4.65. The molecule has 1 aliphatic rings. The van der Waals surface area contributed by atoms with Crippen molar-refractivity contribution in [3.05, 3.63) is 59.3 Å². The highest BCUT2D eigenvalue weighted by Gasteiger charge is 2.25. The number of aromatic nitrogens is 3. The molecule has 1 saturated heterocycles. The summed E-state index contributed by atoms with van der Waals surface area (Å²) in [4.78, 5) is 20.9.